The topological polar surface area (TPSA) is 75.4 Å². The lowest BCUT2D eigenvalue weighted by Crippen LogP contribution is -2.39. The predicted octanol–water partition coefficient (Wildman–Crippen LogP) is 2.29. The molecule has 0 aliphatic carbocycles. The Hall–Kier alpha value is -2.82. The lowest BCUT2D eigenvalue weighted by atomic mass is 10.1. The highest BCUT2D eigenvalue weighted by Gasteiger charge is 2.25. The van der Waals surface area contributed by atoms with Gasteiger partial charge in [0.15, 0.2) is 0 Å². The van der Waals surface area contributed by atoms with Crippen molar-refractivity contribution in [2.45, 2.75) is 25.3 Å². The molecule has 1 saturated heterocycles. The van der Waals surface area contributed by atoms with E-state index in [-0.39, 0.29) is 24.3 Å². The Morgan fingerprint density at radius 2 is 1.84 bits per heavy atom. The van der Waals surface area contributed by atoms with Gasteiger partial charge in [0.1, 0.15) is 0 Å². The number of hydrogen-bond donors (Lipinski definition) is 2. The number of benzene rings is 2. The highest BCUT2D eigenvalue weighted by atomic mass is 16.2. The van der Waals surface area contributed by atoms with Gasteiger partial charge in [-0.05, 0) is 29.7 Å². The van der Waals surface area contributed by atoms with Crippen LogP contribution in [0.25, 0.3) is 0 Å². The molecule has 130 valence electrons. The molecule has 1 aliphatic rings. The highest BCUT2D eigenvalue weighted by Crippen LogP contribution is 2.19. The number of carbonyl (C=O) groups excluding carboxylic acids is 2. The number of likely N-dealkylation sites (tertiary alicyclic amines) is 1. The van der Waals surface area contributed by atoms with Gasteiger partial charge in [-0.15, -0.1) is 0 Å². The van der Waals surface area contributed by atoms with Gasteiger partial charge in [-0.2, -0.15) is 0 Å². The number of carbonyl (C=O) groups is 2. The molecule has 0 radical (unpaired) electrons. The summed E-state index contributed by atoms with van der Waals surface area (Å²) < 4.78 is 0. The first kappa shape index (κ1) is 17.0. The number of nitrogens with one attached hydrogen (secondary N) is 1. The lowest BCUT2D eigenvalue weighted by molar-refractivity contribution is -0.129. The van der Waals surface area contributed by atoms with Crippen molar-refractivity contribution in [3.8, 4) is 0 Å². The molecule has 1 unspecified atom stereocenters. The fourth-order valence-corrected chi connectivity index (χ4v) is 3.10. The third kappa shape index (κ3) is 4.59. The maximum absolute atomic E-state index is 12.5. The Bertz CT molecular complexity index is 728. The first-order valence-electron chi connectivity index (χ1n) is 8.58. The fraction of sp³-hybridized carbons (Fsp3) is 0.300. The van der Waals surface area contributed by atoms with E-state index in [1.54, 1.807) is 12.1 Å². The lowest BCUT2D eigenvalue weighted by Gasteiger charge is -2.25. The zero-order chi connectivity index (χ0) is 17.6. The van der Waals surface area contributed by atoms with E-state index < -0.39 is 0 Å². The van der Waals surface area contributed by atoms with E-state index in [1.807, 2.05) is 47.4 Å². The summed E-state index contributed by atoms with van der Waals surface area (Å²) in [6, 6.07) is 16.9. The van der Waals surface area contributed by atoms with E-state index >= 15 is 0 Å². The van der Waals surface area contributed by atoms with Crippen molar-refractivity contribution in [1.82, 2.24) is 10.2 Å². The minimum atomic E-state index is -0.204. The van der Waals surface area contributed by atoms with E-state index in [4.69, 9.17) is 5.73 Å². The zero-order valence-corrected chi connectivity index (χ0v) is 14.2. The second-order valence-electron chi connectivity index (χ2n) is 6.39. The second kappa shape index (κ2) is 7.83. The third-order valence-electron chi connectivity index (χ3n) is 4.46. The number of nitrogen functional groups attached to an aromatic ring is 1. The van der Waals surface area contributed by atoms with Crippen LogP contribution >= 0.6 is 0 Å². The van der Waals surface area contributed by atoms with Crippen molar-refractivity contribution in [2.24, 2.45) is 0 Å². The van der Waals surface area contributed by atoms with E-state index in [0.717, 1.165) is 24.1 Å². The molecule has 2 amide bonds. The Labute approximate surface area is 147 Å². The first-order chi connectivity index (χ1) is 12.1. The van der Waals surface area contributed by atoms with E-state index in [1.165, 1.54) is 0 Å². The number of anilines is 1. The second-order valence-corrected chi connectivity index (χ2v) is 6.39. The van der Waals surface area contributed by atoms with Crippen LogP contribution in [0.4, 0.5) is 5.69 Å². The van der Waals surface area contributed by atoms with Gasteiger partial charge in [0, 0.05) is 25.2 Å². The summed E-state index contributed by atoms with van der Waals surface area (Å²) in [6.07, 6.45) is 1.78. The summed E-state index contributed by atoms with van der Waals surface area (Å²) in [4.78, 5) is 26.3. The Morgan fingerprint density at radius 1 is 1.12 bits per heavy atom. The number of rotatable bonds is 6. The minimum Gasteiger partial charge on any atom is -0.399 e. The molecule has 2 aromatic rings. The van der Waals surface area contributed by atoms with Crippen LogP contribution in [0.3, 0.4) is 0 Å². The third-order valence-corrected chi connectivity index (χ3v) is 4.46. The van der Waals surface area contributed by atoms with Crippen molar-refractivity contribution >= 4 is 17.5 Å². The van der Waals surface area contributed by atoms with Crippen molar-refractivity contribution in [2.75, 3.05) is 18.8 Å². The van der Waals surface area contributed by atoms with Crippen LogP contribution in [0, 0.1) is 0 Å². The quantitative estimate of drug-likeness (QED) is 0.794. The van der Waals surface area contributed by atoms with Gasteiger partial charge in [-0.3, -0.25) is 9.59 Å². The summed E-state index contributed by atoms with van der Waals surface area (Å²) >= 11 is 0. The van der Waals surface area contributed by atoms with Gasteiger partial charge in [0.05, 0.1) is 12.5 Å². The standard InChI is InChI=1S/C20H23N3O2/c21-17-10-8-15(9-11-17)13-19(24)22-18(16-5-2-1-3-6-16)14-23-12-4-7-20(23)25/h1-3,5-6,8-11,18H,4,7,12-14,21H2,(H,22,24). The summed E-state index contributed by atoms with van der Waals surface area (Å²) in [5.74, 6) is 0.0963. The van der Waals surface area contributed by atoms with Crippen LogP contribution < -0.4 is 11.1 Å². The molecular formula is C20H23N3O2. The van der Waals surface area contributed by atoms with Crippen LogP contribution in [0.1, 0.15) is 30.0 Å². The molecule has 0 aromatic heterocycles. The molecule has 2 aromatic carbocycles. The van der Waals surface area contributed by atoms with Gasteiger partial charge < -0.3 is 16.0 Å². The zero-order valence-electron chi connectivity index (χ0n) is 14.2. The maximum Gasteiger partial charge on any atom is 0.224 e. The molecule has 1 aliphatic heterocycles. The monoisotopic (exact) mass is 337 g/mol. The van der Waals surface area contributed by atoms with Crippen LogP contribution in [-0.2, 0) is 16.0 Å². The molecule has 0 bridgehead atoms. The normalized spacial score (nSPS) is 15.2. The molecule has 1 atom stereocenters. The number of nitrogens with two attached hydrogens (primary N) is 1. The number of nitrogens with zero attached hydrogens (tertiary/aromatic N) is 1. The molecule has 1 heterocycles. The summed E-state index contributed by atoms with van der Waals surface area (Å²) in [5.41, 5.74) is 8.28. The van der Waals surface area contributed by atoms with Crippen molar-refractivity contribution in [1.29, 1.82) is 0 Å². The highest BCUT2D eigenvalue weighted by molar-refractivity contribution is 5.80. The van der Waals surface area contributed by atoms with Crippen LogP contribution in [0.2, 0.25) is 0 Å². The van der Waals surface area contributed by atoms with Gasteiger partial charge in [-0.1, -0.05) is 42.5 Å². The minimum absolute atomic E-state index is 0.0646. The SMILES string of the molecule is Nc1ccc(CC(=O)NC(CN2CCCC2=O)c2ccccc2)cc1. The average Bonchev–Trinajstić information content (AvgIpc) is 3.02. The molecular weight excluding hydrogens is 314 g/mol. The average molecular weight is 337 g/mol. The van der Waals surface area contributed by atoms with E-state index in [9.17, 15) is 9.59 Å². The summed E-state index contributed by atoms with van der Waals surface area (Å²) in [7, 11) is 0. The molecule has 0 spiro atoms. The molecule has 3 N–H and O–H groups in total. The van der Waals surface area contributed by atoms with Gasteiger partial charge >= 0.3 is 0 Å². The first-order valence-corrected chi connectivity index (χ1v) is 8.58. The summed E-state index contributed by atoms with van der Waals surface area (Å²) in [5, 5.41) is 3.08. The molecule has 5 nitrogen and oxygen atoms in total. The Kier molecular flexibility index (Phi) is 5.33. The summed E-state index contributed by atoms with van der Waals surface area (Å²) in [6.45, 7) is 1.27. The van der Waals surface area contributed by atoms with Gasteiger partial charge in [-0.25, -0.2) is 0 Å². The molecule has 25 heavy (non-hydrogen) atoms. The van der Waals surface area contributed by atoms with Crippen LogP contribution in [0.5, 0.6) is 0 Å². The molecule has 5 heteroatoms. The number of amides is 2. The fourth-order valence-electron chi connectivity index (χ4n) is 3.10. The van der Waals surface area contributed by atoms with Gasteiger partial charge in [0.2, 0.25) is 11.8 Å². The van der Waals surface area contributed by atoms with Crippen LogP contribution in [0.15, 0.2) is 54.6 Å². The predicted molar refractivity (Wildman–Crippen MR) is 97.7 cm³/mol. The van der Waals surface area contributed by atoms with Crippen molar-refractivity contribution in [3.05, 3.63) is 65.7 Å². The van der Waals surface area contributed by atoms with Crippen molar-refractivity contribution < 1.29 is 9.59 Å². The van der Waals surface area contributed by atoms with E-state index in [0.29, 0.717) is 18.7 Å². The molecule has 3 rings (SSSR count). The van der Waals surface area contributed by atoms with Gasteiger partial charge in [0.25, 0.3) is 0 Å². The smallest absolute Gasteiger partial charge is 0.224 e. The Balaban J connectivity index is 1.69. The molecule has 1 fully saturated rings. The molecule has 0 saturated carbocycles. The van der Waals surface area contributed by atoms with E-state index in [2.05, 4.69) is 5.32 Å². The Morgan fingerprint density at radius 3 is 2.48 bits per heavy atom. The maximum atomic E-state index is 12.5. The van der Waals surface area contributed by atoms with Crippen LogP contribution in [-0.4, -0.2) is 29.8 Å². The number of hydrogen-bond acceptors (Lipinski definition) is 3. The van der Waals surface area contributed by atoms with Crippen molar-refractivity contribution in [3.63, 3.8) is 0 Å². The largest absolute Gasteiger partial charge is 0.399 e.